The molecule has 1 saturated carbocycles. The highest BCUT2D eigenvalue weighted by Crippen LogP contribution is 2.39. The first-order chi connectivity index (χ1) is 12.8. The molecular formula is C18H25N3O6. The van der Waals surface area contributed by atoms with Gasteiger partial charge in [-0.05, 0) is 32.6 Å². The molecule has 3 fully saturated rings. The zero-order valence-electron chi connectivity index (χ0n) is 15.5. The highest BCUT2D eigenvalue weighted by Gasteiger charge is 2.52. The second kappa shape index (κ2) is 6.88. The number of ether oxygens (including phenoxy) is 3. The summed E-state index contributed by atoms with van der Waals surface area (Å²) in [7, 11) is 0. The van der Waals surface area contributed by atoms with Crippen LogP contribution in [0.25, 0.3) is 0 Å². The van der Waals surface area contributed by atoms with E-state index in [2.05, 4.69) is 10.3 Å². The van der Waals surface area contributed by atoms with Gasteiger partial charge in [0.2, 0.25) is 5.91 Å². The van der Waals surface area contributed by atoms with Crippen molar-refractivity contribution in [1.29, 1.82) is 0 Å². The maximum atomic E-state index is 12.2. The first kappa shape index (κ1) is 18.4. The molecule has 4 rings (SSSR count). The number of nitrogens with one attached hydrogen (secondary N) is 2. The van der Waals surface area contributed by atoms with Crippen molar-refractivity contribution < 1.29 is 19.0 Å². The second-order valence-electron chi connectivity index (χ2n) is 7.97. The van der Waals surface area contributed by atoms with E-state index in [-0.39, 0.29) is 18.6 Å². The summed E-state index contributed by atoms with van der Waals surface area (Å²) in [5.41, 5.74) is -0.968. The van der Waals surface area contributed by atoms with Crippen LogP contribution >= 0.6 is 0 Å². The lowest BCUT2D eigenvalue weighted by molar-refractivity contribution is -0.153. The Morgan fingerprint density at radius 3 is 2.74 bits per heavy atom. The minimum absolute atomic E-state index is 0.0230. The molecule has 2 aliphatic heterocycles. The third-order valence-electron chi connectivity index (χ3n) is 5.27. The van der Waals surface area contributed by atoms with Gasteiger partial charge in [0.05, 0.1) is 12.6 Å². The van der Waals surface area contributed by atoms with E-state index >= 15 is 0 Å². The van der Waals surface area contributed by atoms with E-state index in [1.54, 1.807) is 13.8 Å². The smallest absolute Gasteiger partial charge is 0.328 e. The largest absolute Gasteiger partial charge is 0.371 e. The van der Waals surface area contributed by atoms with Gasteiger partial charge in [0, 0.05) is 25.2 Å². The summed E-state index contributed by atoms with van der Waals surface area (Å²) >= 11 is 0. The number of hydrogen-bond acceptors (Lipinski definition) is 6. The predicted octanol–water partition coefficient (Wildman–Crippen LogP) is -0.0871. The Kier molecular flexibility index (Phi) is 4.69. The molecule has 2 saturated heterocycles. The third-order valence-corrected chi connectivity index (χ3v) is 5.27. The molecule has 27 heavy (non-hydrogen) atoms. The van der Waals surface area contributed by atoms with Gasteiger partial charge in [0.15, 0.2) is 5.79 Å². The van der Waals surface area contributed by atoms with Crippen LogP contribution in [0.3, 0.4) is 0 Å². The number of aromatic nitrogens is 2. The Morgan fingerprint density at radius 2 is 2.04 bits per heavy atom. The molecule has 3 heterocycles. The molecule has 2 N–H and O–H groups in total. The number of carbonyl (C=O) groups is 1. The fourth-order valence-corrected chi connectivity index (χ4v) is 3.79. The quantitative estimate of drug-likeness (QED) is 0.740. The fraction of sp³-hybridized carbons (Fsp3) is 0.722. The number of carbonyl (C=O) groups excluding carboxylic acids is 1. The van der Waals surface area contributed by atoms with Gasteiger partial charge in [-0.15, -0.1) is 0 Å². The molecule has 0 aromatic carbocycles. The molecule has 3 aliphatic rings. The molecule has 0 radical (unpaired) electrons. The summed E-state index contributed by atoms with van der Waals surface area (Å²) in [6, 6.07) is 0.862. The Morgan fingerprint density at radius 1 is 1.30 bits per heavy atom. The van der Waals surface area contributed by atoms with Crippen molar-refractivity contribution in [2.75, 3.05) is 13.2 Å². The highest BCUT2D eigenvalue weighted by atomic mass is 16.8. The average Bonchev–Trinajstić information content (AvgIpc) is 3.33. The number of fused-ring (bicyclic) bond motifs is 1. The Labute approximate surface area is 156 Å². The molecule has 1 amide bonds. The van der Waals surface area contributed by atoms with Crippen molar-refractivity contribution in [2.45, 2.75) is 63.3 Å². The molecule has 9 nitrogen and oxygen atoms in total. The van der Waals surface area contributed by atoms with Gasteiger partial charge in [0.1, 0.15) is 18.3 Å². The van der Waals surface area contributed by atoms with Crippen LogP contribution in [0.2, 0.25) is 0 Å². The summed E-state index contributed by atoms with van der Waals surface area (Å²) in [5.74, 6) is -0.287. The highest BCUT2D eigenvalue weighted by molar-refractivity contribution is 5.76. The Bertz CT molecular complexity index is 827. The normalized spacial score (nSPS) is 32.1. The molecule has 148 valence electrons. The first-order valence-corrected chi connectivity index (χ1v) is 9.38. The van der Waals surface area contributed by atoms with E-state index < -0.39 is 35.3 Å². The third kappa shape index (κ3) is 3.99. The second-order valence-corrected chi connectivity index (χ2v) is 7.97. The van der Waals surface area contributed by atoms with E-state index in [9.17, 15) is 14.4 Å². The van der Waals surface area contributed by atoms with Gasteiger partial charge >= 0.3 is 5.69 Å². The lowest BCUT2D eigenvalue weighted by Crippen LogP contribution is -2.54. The van der Waals surface area contributed by atoms with Crippen molar-refractivity contribution in [3.63, 3.8) is 0 Å². The summed E-state index contributed by atoms with van der Waals surface area (Å²) < 4.78 is 19.4. The molecular weight excluding hydrogens is 354 g/mol. The molecule has 0 unspecified atom stereocenters. The van der Waals surface area contributed by atoms with Gasteiger partial charge in [-0.2, -0.15) is 0 Å². The van der Waals surface area contributed by atoms with Crippen molar-refractivity contribution in [1.82, 2.24) is 14.9 Å². The van der Waals surface area contributed by atoms with Crippen molar-refractivity contribution in [3.05, 3.63) is 33.1 Å². The summed E-state index contributed by atoms with van der Waals surface area (Å²) in [4.78, 5) is 37.8. The number of amides is 1. The Balaban J connectivity index is 1.49. The zero-order chi connectivity index (χ0) is 19.2. The number of nitrogens with zero attached hydrogens (tertiary/aromatic N) is 1. The summed E-state index contributed by atoms with van der Waals surface area (Å²) in [5, 5.41) is 2.92. The predicted molar refractivity (Wildman–Crippen MR) is 94.3 cm³/mol. The topological polar surface area (TPSA) is 112 Å². The minimum atomic E-state index is -0.830. The van der Waals surface area contributed by atoms with E-state index in [0.29, 0.717) is 18.9 Å². The van der Waals surface area contributed by atoms with Crippen LogP contribution < -0.4 is 16.6 Å². The van der Waals surface area contributed by atoms with Crippen molar-refractivity contribution >= 4 is 5.91 Å². The molecule has 0 spiro atoms. The maximum Gasteiger partial charge on any atom is 0.328 e. The van der Waals surface area contributed by atoms with E-state index in [4.69, 9.17) is 14.2 Å². The average molecular weight is 379 g/mol. The fourth-order valence-electron chi connectivity index (χ4n) is 3.79. The van der Waals surface area contributed by atoms with Crippen LogP contribution in [0.4, 0.5) is 0 Å². The number of rotatable bonds is 5. The maximum absolute atomic E-state index is 12.2. The first-order valence-electron chi connectivity index (χ1n) is 9.38. The van der Waals surface area contributed by atoms with Crippen LogP contribution in [0.5, 0.6) is 0 Å². The van der Waals surface area contributed by atoms with Crippen LogP contribution in [0.1, 0.15) is 39.2 Å². The van der Waals surface area contributed by atoms with Crippen LogP contribution in [-0.2, 0) is 19.0 Å². The SMILES string of the molecule is CC1(C)O[C@@H]2[C@H](O1)[C@@H](CNC(=O)CC1CC1)OC[C@H]2n1ccc(=O)[nH]c1=O. The van der Waals surface area contributed by atoms with Gasteiger partial charge in [0.25, 0.3) is 5.56 Å². The van der Waals surface area contributed by atoms with Crippen LogP contribution in [0.15, 0.2) is 21.9 Å². The van der Waals surface area contributed by atoms with E-state index in [1.807, 2.05) is 0 Å². The number of aromatic amines is 1. The van der Waals surface area contributed by atoms with Crippen molar-refractivity contribution in [3.8, 4) is 0 Å². The monoisotopic (exact) mass is 379 g/mol. The minimum Gasteiger partial charge on any atom is -0.371 e. The molecule has 0 bridgehead atoms. The number of hydrogen-bond donors (Lipinski definition) is 2. The summed E-state index contributed by atoms with van der Waals surface area (Å²) in [6.07, 6.45) is 3.02. The van der Waals surface area contributed by atoms with Crippen LogP contribution in [-0.4, -0.2) is 52.7 Å². The van der Waals surface area contributed by atoms with E-state index in [0.717, 1.165) is 12.8 Å². The van der Waals surface area contributed by atoms with Crippen LogP contribution in [0, 0.1) is 5.92 Å². The lowest BCUT2D eigenvalue weighted by atomic mass is 9.97. The molecule has 1 aromatic rings. The standard InChI is InChI=1S/C18H25N3O6/c1-18(2)26-15-11(21-6-5-13(22)20-17(21)24)9-25-12(16(15)27-18)8-19-14(23)7-10-3-4-10/h5-6,10-12,15-16H,3-4,7-9H2,1-2H3,(H,19,23)(H,20,22,24)/t11-,12-,15+,16-/m1/s1. The van der Waals surface area contributed by atoms with Gasteiger partial charge in [-0.25, -0.2) is 4.79 Å². The van der Waals surface area contributed by atoms with Gasteiger partial charge in [-0.3, -0.25) is 19.1 Å². The zero-order valence-corrected chi connectivity index (χ0v) is 15.5. The van der Waals surface area contributed by atoms with Crippen molar-refractivity contribution in [2.24, 2.45) is 5.92 Å². The van der Waals surface area contributed by atoms with E-state index in [1.165, 1.54) is 16.8 Å². The molecule has 4 atom stereocenters. The Hall–Kier alpha value is -1.97. The molecule has 1 aliphatic carbocycles. The lowest BCUT2D eigenvalue weighted by Gasteiger charge is -2.37. The molecule has 1 aromatic heterocycles. The summed E-state index contributed by atoms with van der Waals surface area (Å²) in [6.45, 7) is 4.16. The molecule has 9 heteroatoms. The number of H-pyrrole nitrogens is 1. The van der Waals surface area contributed by atoms with Gasteiger partial charge in [-0.1, -0.05) is 0 Å². The van der Waals surface area contributed by atoms with Gasteiger partial charge < -0.3 is 19.5 Å².